The molecule has 5 nitrogen and oxygen atoms in total. The molecule has 0 heterocycles. The van der Waals surface area contributed by atoms with Crippen molar-refractivity contribution in [3.63, 3.8) is 0 Å². The minimum Gasteiger partial charge on any atom is -0.481 e. The third-order valence-electron chi connectivity index (χ3n) is 3.39. The van der Waals surface area contributed by atoms with Crippen molar-refractivity contribution < 1.29 is 19.1 Å². The Kier molecular flexibility index (Phi) is 5.82. The summed E-state index contributed by atoms with van der Waals surface area (Å²) in [7, 11) is 1.31. The SMILES string of the molecule is COC(=O)c1ccc(NC(=O)[C@@H](C)Oc2ccc(Cl)c(C)c2)cc1. The number of ether oxygens (including phenoxy) is 2. The van der Waals surface area contributed by atoms with Gasteiger partial charge in [-0.3, -0.25) is 4.79 Å². The van der Waals surface area contributed by atoms with E-state index in [4.69, 9.17) is 16.3 Å². The lowest BCUT2D eigenvalue weighted by molar-refractivity contribution is -0.122. The molecule has 0 aromatic heterocycles. The van der Waals surface area contributed by atoms with Crippen LogP contribution in [-0.4, -0.2) is 25.1 Å². The van der Waals surface area contributed by atoms with Crippen LogP contribution in [-0.2, 0) is 9.53 Å². The molecule has 0 saturated carbocycles. The first-order valence-corrected chi connectivity index (χ1v) is 7.70. The zero-order valence-electron chi connectivity index (χ0n) is 13.6. The summed E-state index contributed by atoms with van der Waals surface area (Å²) in [5.74, 6) is -0.156. The Hall–Kier alpha value is -2.53. The van der Waals surface area contributed by atoms with Gasteiger partial charge in [-0.15, -0.1) is 0 Å². The molecular weight excluding hydrogens is 330 g/mol. The monoisotopic (exact) mass is 347 g/mol. The van der Waals surface area contributed by atoms with Crippen LogP contribution < -0.4 is 10.1 Å². The summed E-state index contributed by atoms with van der Waals surface area (Å²) in [6.07, 6.45) is -0.689. The van der Waals surface area contributed by atoms with Gasteiger partial charge in [0.05, 0.1) is 12.7 Å². The molecule has 126 valence electrons. The van der Waals surface area contributed by atoms with Crippen molar-refractivity contribution in [1.29, 1.82) is 0 Å². The summed E-state index contributed by atoms with van der Waals surface area (Å²) < 4.78 is 10.2. The van der Waals surface area contributed by atoms with Crippen molar-refractivity contribution in [3.05, 3.63) is 58.6 Å². The van der Waals surface area contributed by atoms with Crippen LogP contribution in [0.1, 0.15) is 22.8 Å². The predicted molar refractivity (Wildman–Crippen MR) is 92.7 cm³/mol. The third kappa shape index (κ3) is 4.49. The fourth-order valence-electron chi connectivity index (χ4n) is 2.00. The molecule has 0 aliphatic rings. The second-order valence-electron chi connectivity index (χ2n) is 5.23. The zero-order chi connectivity index (χ0) is 17.7. The van der Waals surface area contributed by atoms with E-state index in [1.54, 1.807) is 49.4 Å². The second-order valence-corrected chi connectivity index (χ2v) is 5.64. The summed E-state index contributed by atoms with van der Waals surface area (Å²) >= 11 is 5.96. The summed E-state index contributed by atoms with van der Waals surface area (Å²) in [5.41, 5.74) is 1.85. The number of aryl methyl sites for hydroxylation is 1. The number of esters is 1. The molecule has 0 radical (unpaired) electrons. The number of rotatable bonds is 5. The average molecular weight is 348 g/mol. The Morgan fingerprint density at radius 3 is 2.38 bits per heavy atom. The number of benzene rings is 2. The van der Waals surface area contributed by atoms with Crippen LogP contribution in [0.5, 0.6) is 5.75 Å². The predicted octanol–water partition coefficient (Wildman–Crippen LogP) is 3.84. The highest BCUT2D eigenvalue weighted by atomic mass is 35.5. The molecule has 0 aliphatic heterocycles. The Balaban J connectivity index is 1.98. The Labute approximate surface area is 145 Å². The zero-order valence-corrected chi connectivity index (χ0v) is 14.4. The molecule has 0 spiro atoms. The lowest BCUT2D eigenvalue weighted by atomic mass is 10.2. The first-order valence-electron chi connectivity index (χ1n) is 7.32. The molecule has 0 bridgehead atoms. The van der Waals surface area contributed by atoms with Gasteiger partial charge >= 0.3 is 5.97 Å². The van der Waals surface area contributed by atoms with Gasteiger partial charge in [0, 0.05) is 10.7 Å². The number of halogens is 1. The summed E-state index contributed by atoms with van der Waals surface area (Å²) in [6.45, 7) is 3.52. The van der Waals surface area contributed by atoms with E-state index in [0.29, 0.717) is 22.0 Å². The second kappa shape index (κ2) is 7.84. The average Bonchev–Trinajstić information content (AvgIpc) is 2.58. The fraction of sp³-hybridized carbons (Fsp3) is 0.222. The van der Waals surface area contributed by atoms with E-state index >= 15 is 0 Å². The standard InChI is InChI=1S/C18H18ClNO4/c1-11-10-15(8-9-16(11)19)24-12(2)17(21)20-14-6-4-13(5-7-14)18(22)23-3/h4-10,12H,1-3H3,(H,20,21)/t12-/m1/s1. The smallest absolute Gasteiger partial charge is 0.337 e. The number of nitrogens with one attached hydrogen (secondary N) is 1. The number of hydrogen-bond acceptors (Lipinski definition) is 4. The van der Waals surface area contributed by atoms with E-state index in [0.717, 1.165) is 5.56 Å². The van der Waals surface area contributed by atoms with E-state index < -0.39 is 12.1 Å². The number of hydrogen-bond donors (Lipinski definition) is 1. The summed E-state index contributed by atoms with van der Waals surface area (Å²) in [4.78, 5) is 23.6. The molecule has 2 rings (SSSR count). The highest BCUT2D eigenvalue weighted by Gasteiger charge is 2.15. The molecule has 2 aromatic rings. The Morgan fingerprint density at radius 1 is 1.12 bits per heavy atom. The van der Waals surface area contributed by atoms with Gasteiger partial charge in [0.15, 0.2) is 6.10 Å². The topological polar surface area (TPSA) is 64.6 Å². The first kappa shape index (κ1) is 17.8. The normalized spacial score (nSPS) is 11.5. The quantitative estimate of drug-likeness (QED) is 0.834. The van der Waals surface area contributed by atoms with Gasteiger partial charge in [-0.1, -0.05) is 11.6 Å². The molecular formula is C18H18ClNO4. The molecule has 2 aromatic carbocycles. The van der Waals surface area contributed by atoms with E-state index in [9.17, 15) is 9.59 Å². The Morgan fingerprint density at radius 2 is 1.79 bits per heavy atom. The van der Waals surface area contributed by atoms with E-state index in [1.807, 2.05) is 6.92 Å². The van der Waals surface area contributed by atoms with E-state index in [1.165, 1.54) is 7.11 Å². The van der Waals surface area contributed by atoms with Crippen LogP contribution in [0.4, 0.5) is 5.69 Å². The van der Waals surface area contributed by atoms with Crippen molar-refractivity contribution >= 4 is 29.2 Å². The summed E-state index contributed by atoms with van der Waals surface area (Å²) in [5, 5.41) is 3.37. The van der Waals surface area contributed by atoms with Crippen molar-refractivity contribution in [3.8, 4) is 5.75 Å². The highest BCUT2D eigenvalue weighted by molar-refractivity contribution is 6.31. The first-order chi connectivity index (χ1) is 11.4. The van der Waals surface area contributed by atoms with Gasteiger partial charge in [0.25, 0.3) is 5.91 Å². The molecule has 24 heavy (non-hydrogen) atoms. The molecule has 6 heteroatoms. The number of anilines is 1. The fourth-order valence-corrected chi connectivity index (χ4v) is 2.12. The van der Waals surface area contributed by atoms with Gasteiger partial charge in [-0.25, -0.2) is 4.79 Å². The highest BCUT2D eigenvalue weighted by Crippen LogP contribution is 2.22. The maximum Gasteiger partial charge on any atom is 0.337 e. The number of amides is 1. The molecule has 0 saturated heterocycles. The minimum atomic E-state index is -0.689. The number of carbonyl (C=O) groups is 2. The lowest BCUT2D eigenvalue weighted by Crippen LogP contribution is -2.30. The van der Waals surface area contributed by atoms with Crippen molar-refractivity contribution in [2.75, 3.05) is 12.4 Å². The van der Waals surface area contributed by atoms with Gasteiger partial charge in [-0.05, 0) is 61.9 Å². The van der Waals surface area contributed by atoms with Crippen LogP contribution in [0.2, 0.25) is 5.02 Å². The maximum absolute atomic E-state index is 12.2. The Bertz CT molecular complexity index is 743. The van der Waals surface area contributed by atoms with Crippen molar-refractivity contribution in [2.45, 2.75) is 20.0 Å². The number of carbonyl (C=O) groups excluding carboxylic acids is 2. The molecule has 0 unspecified atom stereocenters. The van der Waals surface area contributed by atoms with Gasteiger partial charge in [-0.2, -0.15) is 0 Å². The van der Waals surface area contributed by atoms with Crippen LogP contribution >= 0.6 is 11.6 Å². The summed E-state index contributed by atoms with van der Waals surface area (Å²) in [6, 6.07) is 11.6. The minimum absolute atomic E-state index is 0.298. The van der Waals surface area contributed by atoms with Gasteiger partial charge in [0.1, 0.15) is 5.75 Å². The number of methoxy groups -OCH3 is 1. The van der Waals surface area contributed by atoms with Crippen LogP contribution in [0.15, 0.2) is 42.5 Å². The van der Waals surface area contributed by atoms with Crippen LogP contribution in [0.3, 0.4) is 0 Å². The van der Waals surface area contributed by atoms with E-state index in [2.05, 4.69) is 10.1 Å². The van der Waals surface area contributed by atoms with Crippen molar-refractivity contribution in [1.82, 2.24) is 0 Å². The van der Waals surface area contributed by atoms with Crippen LogP contribution in [0, 0.1) is 6.92 Å². The van der Waals surface area contributed by atoms with Crippen molar-refractivity contribution in [2.24, 2.45) is 0 Å². The molecule has 0 fully saturated rings. The lowest BCUT2D eigenvalue weighted by Gasteiger charge is -2.15. The third-order valence-corrected chi connectivity index (χ3v) is 3.81. The van der Waals surface area contributed by atoms with E-state index in [-0.39, 0.29) is 5.91 Å². The molecule has 1 atom stereocenters. The van der Waals surface area contributed by atoms with Crippen LogP contribution in [0.25, 0.3) is 0 Å². The molecule has 1 N–H and O–H groups in total. The molecule has 1 amide bonds. The largest absolute Gasteiger partial charge is 0.481 e. The van der Waals surface area contributed by atoms with Gasteiger partial charge in [0.2, 0.25) is 0 Å². The van der Waals surface area contributed by atoms with Gasteiger partial charge < -0.3 is 14.8 Å². The molecule has 0 aliphatic carbocycles. The maximum atomic E-state index is 12.2.